The van der Waals surface area contributed by atoms with E-state index >= 15 is 0 Å². The molecule has 0 aromatic carbocycles. The molecule has 1 aromatic heterocycles. The van der Waals surface area contributed by atoms with Gasteiger partial charge in [-0.05, 0) is 45.2 Å². The number of amides is 1. The summed E-state index contributed by atoms with van der Waals surface area (Å²) in [5, 5.41) is 1.79. The third-order valence-corrected chi connectivity index (χ3v) is 3.46. The van der Waals surface area contributed by atoms with Crippen LogP contribution in [0.1, 0.15) is 39.2 Å². The predicted molar refractivity (Wildman–Crippen MR) is 84.6 cm³/mol. The van der Waals surface area contributed by atoms with E-state index < -0.39 is 11.7 Å². The summed E-state index contributed by atoms with van der Waals surface area (Å²) in [7, 11) is 0. The van der Waals surface area contributed by atoms with E-state index in [1.165, 1.54) is 0 Å². The van der Waals surface area contributed by atoms with Crippen LogP contribution in [0, 0.1) is 0 Å². The zero-order valence-corrected chi connectivity index (χ0v) is 13.9. The Balaban J connectivity index is 1.75. The molecule has 0 unspecified atom stereocenters. The molecule has 1 saturated heterocycles. The molecule has 7 nitrogen and oxygen atoms in total. The van der Waals surface area contributed by atoms with Crippen LogP contribution in [0.3, 0.4) is 0 Å². The lowest BCUT2D eigenvalue weighted by molar-refractivity contribution is -0.144. The lowest BCUT2D eigenvalue weighted by atomic mass is 10.2. The molecular weight excluding hydrogens is 298 g/mol. The van der Waals surface area contributed by atoms with Crippen molar-refractivity contribution in [3.8, 4) is 0 Å². The van der Waals surface area contributed by atoms with E-state index in [1.54, 1.807) is 17.4 Å². The normalized spacial score (nSPS) is 18.7. The third kappa shape index (κ3) is 5.94. The fraction of sp³-hybridized carbons (Fsp3) is 0.625. The summed E-state index contributed by atoms with van der Waals surface area (Å²) in [6, 6.07) is 1.82. The summed E-state index contributed by atoms with van der Waals surface area (Å²) in [6.45, 7) is 6.43. The highest BCUT2D eigenvalue weighted by Crippen LogP contribution is 2.16. The van der Waals surface area contributed by atoms with Crippen LogP contribution in [0.2, 0.25) is 0 Å². The van der Waals surface area contributed by atoms with Gasteiger partial charge in [0.1, 0.15) is 12.2 Å². The van der Waals surface area contributed by atoms with E-state index in [4.69, 9.17) is 9.47 Å². The van der Waals surface area contributed by atoms with Crippen molar-refractivity contribution >= 4 is 12.1 Å². The minimum absolute atomic E-state index is 0.0160. The maximum Gasteiger partial charge on any atom is 0.422 e. The molecule has 23 heavy (non-hydrogen) atoms. The number of hydrogen-bond donors (Lipinski definition) is 2. The highest BCUT2D eigenvalue weighted by molar-refractivity contribution is 5.72. The second-order valence-electron chi connectivity index (χ2n) is 6.68. The second kappa shape index (κ2) is 7.50. The summed E-state index contributed by atoms with van der Waals surface area (Å²) < 4.78 is 10.6. The van der Waals surface area contributed by atoms with E-state index in [1.807, 2.05) is 26.8 Å². The first-order valence-electron chi connectivity index (χ1n) is 7.87. The molecule has 0 radical (unpaired) electrons. The molecule has 0 bridgehead atoms. The third-order valence-electron chi connectivity index (χ3n) is 3.46. The first kappa shape index (κ1) is 17.3. The average Bonchev–Trinajstić information content (AvgIpc) is 3.06. The number of hydrogen-bond acceptors (Lipinski definition) is 5. The van der Waals surface area contributed by atoms with Crippen molar-refractivity contribution in [2.24, 2.45) is 0 Å². The molecular formula is C16H25N3O4. The molecule has 128 valence electrons. The van der Waals surface area contributed by atoms with Crippen LogP contribution in [0.5, 0.6) is 0 Å². The first-order valence-corrected chi connectivity index (χ1v) is 7.87. The van der Waals surface area contributed by atoms with Crippen molar-refractivity contribution in [1.82, 2.24) is 15.4 Å². The lowest BCUT2D eigenvalue weighted by Crippen LogP contribution is -2.48. The number of rotatable bonds is 5. The molecule has 0 aliphatic carbocycles. The number of H-pyrrole nitrogens is 1. The van der Waals surface area contributed by atoms with E-state index in [0.29, 0.717) is 0 Å². The molecule has 0 spiro atoms. The molecule has 2 N–H and O–H groups in total. The predicted octanol–water partition coefficient (Wildman–Crippen LogP) is 2.00. The zero-order valence-electron chi connectivity index (χ0n) is 13.9. The van der Waals surface area contributed by atoms with Crippen molar-refractivity contribution in [3.05, 3.63) is 24.0 Å². The van der Waals surface area contributed by atoms with Crippen molar-refractivity contribution in [3.63, 3.8) is 0 Å². The van der Waals surface area contributed by atoms with Gasteiger partial charge in [-0.1, -0.05) is 0 Å². The van der Waals surface area contributed by atoms with Crippen LogP contribution in [-0.2, 0) is 20.7 Å². The molecule has 2 heterocycles. The Labute approximate surface area is 136 Å². The van der Waals surface area contributed by atoms with Crippen LogP contribution < -0.4 is 5.43 Å². The Hall–Kier alpha value is -2.02. The van der Waals surface area contributed by atoms with Gasteiger partial charge in [0.2, 0.25) is 0 Å². The van der Waals surface area contributed by atoms with Crippen LogP contribution in [-0.4, -0.2) is 46.8 Å². The van der Waals surface area contributed by atoms with Gasteiger partial charge in [0.15, 0.2) is 0 Å². The van der Waals surface area contributed by atoms with E-state index in [2.05, 4.69) is 10.4 Å². The largest absolute Gasteiger partial charge is 0.464 e. The summed E-state index contributed by atoms with van der Waals surface area (Å²) in [4.78, 5) is 26.5. The van der Waals surface area contributed by atoms with Gasteiger partial charge in [-0.2, -0.15) is 0 Å². The van der Waals surface area contributed by atoms with Gasteiger partial charge in [-0.15, -0.1) is 0 Å². The van der Waals surface area contributed by atoms with E-state index in [9.17, 15) is 9.59 Å². The number of aromatic nitrogens is 1. The first-order chi connectivity index (χ1) is 10.8. The molecule has 1 aliphatic rings. The fourth-order valence-corrected chi connectivity index (χ4v) is 2.45. The van der Waals surface area contributed by atoms with Gasteiger partial charge in [-0.25, -0.2) is 9.80 Å². The molecule has 1 atom stereocenters. The summed E-state index contributed by atoms with van der Waals surface area (Å²) >= 11 is 0. The fourth-order valence-electron chi connectivity index (χ4n) is 2.45. The lowest BCUT2D eigenvalue weighted by Gasteiger charge is -2.27. The number of nitrogens with zero attached hydrogens (tertiary/aromatic N) is 1. The number of nitrogens with one attached hydrogen (secondary N) is 2. The van der Waals surface area contributed by atoms with Crippen molar-refractivity contribution in [2.45, 2.75) is 51.7 Å². The quantitative estimate of drug-likeness (QED) is 0.810. The Morgan fingerprint density at radius 1 is 1.43 bits per heavy atom. The maximum absolute atomic E-state index is 11.8. The molecule has 0 saturated carbocycles. The number of hydrazine groups is 1. The summed E-state index contributed by atoms with van der Waals surface area (Å²) in [5.74, 6) is -0.270. The van der Waals surface area contributed by atoms with E-state index in [0.717, 1.165) is 24.9 Å². The van der Waals surface area contributed by atoms with E-state index in [-0.39, 0.29) is 25.0 Å². The summed E-state index contributed by atoms with van der Waals surface area (Å²) in [6.07, 6.45) is 5.11. The Bertz CT molecular complexity index is 522. The number of carbonyl (C=O) groups excluding carboxylic acids is 2. The standard InChI is InChI=1S/C16H25N3O4/c1-16(2,3)23-15(21)18-19-8-4-5-13(19)11-22-14(20)9-12-6-7-17-10-12/h6-7,10,13,17H,4-5,8-9,11H2,1-3H3,(H,18,21)/t13-/m1/s1. The number of carbonyl (C=O) groups is 2. The van der Waals surface area contributed by atoms with Gasteiger partial charge in [-0.3, -0.25) is 10.2 Å². The van der Waals surface area contributed by atoms with Crippen LogP contribution in [0.25, 0.3) is 0 Å². The Kier molecular flexibility index (Phi) is 5.65. The topological polar surface area (TPSA) is 83.7 Å². The average molecular weight is 323 g/mol. The SMILES string of the molecule is CC(C)(C)OC(=O)NN1CCC[C@@H]1COC(=O)Cc1cc[nH]c1. The molecule has 1 fully saturated rings. The van der Waals surface area contributed by atoms with Crippen LogP contribution in [0.4, 0.5) is 4.79 Å². The smallest absolute Gasteiger partial charge is 0.422 e. The Morgan fingerprint density at radius 2 is 2.22 bits per heavy atom. The van der Waals surface area contributed by atoms with Crippen molar-refractivity contribution in [2.75, 3.05) is 13.2 Å². The maximum atomic E-state index is 11.8. The molecule has 2 rings (SSSR count). The number of aromatic amines is 1. The van der Waals surface area contributed by atoms with Gasteiger partial charge >= 0.3 is 12.1 Å². The van der Waals surface area contributed by atoms with Gasteiger partial charge < -0.3 is 14.5 Å². The second-order valence-corrected chi connectivity index (χ2v) is 6.68. The number of esters is 1. The monoisotopic (exact) mass is 323 g/mol. The molecule has 7 heteroatoms. The molecule has 1 aromatic rings. The zero-order chi connectivity index (χ0) is 16.9. The minimum Gasteiger partial charge on any atom is -0.464 e. The van der Waals surface area contributed by atoms with Crippen LogP contribution >= 0.6 is 0 Å². The summed E-state index contributed by atoms with van der Waals surface area (Å²) in [5.41, 5.74) is 3.08. The minimum atomic E-state index is -0.539. The van der Waals surface area contributed by atoms with Gasteiger partial charge in [0.25, 0.3) is 0 Å². The van der Waals surface area contributed by atoms with Crippen molar-refractivity contribution < 1.29 is 19.1 Å². The molecule has 1 amide bonds. The van der Waals surface area contributed by atoms with Gasteiger partial charge in [0.05, 0.1) is 12.5 Å². The Morgan fingerprint density at radius 3 is 2.87 bits per heavy atom. The molecule has 1 aliphatic heterocycles. The van der Waals surface area contributed by atoms with Crippen molar-refractivity contribution in [1.29, 1.82) is 0 Å². The highest BCUT2D eigenvalue weighted by Gasteiger charge is 2.28. The van der Waals surface area contributed by atoms with Gasteiger partial charge in [0, 0.05) is 18.9 Å². The van der Waals surface area contributed by atoms with Crippen LogP contribution in [0.15, 0.2) is 18.5 Å². The highest BCUT2D eigenvalue weighted by atomic mass is 16.6. The number of ether oxygens (including phenoxy) is 2.